The highest BCUT2D eigenvalue weighted by atomic mass is 15.1. The van der Waals surface area contributed by atoms with Crippen LogP contribution >= 0.6 is 0 Å². The minimum Gasteiger partial charge on any atom is -0.398 e. The first kappa shape index (κ1) is 31.5. The summed E-state index contributed by atoms with van der Waals surface area (Å²) in [6.45, 7) is 5.13. The number of hydrogen-bond acceptors (Lipinski definition) is 2. The van der Waals surface area contributed by atoms with Crippen molar-refractivity contribution in [2.45, 2.75) is 25.9 Å². The molecule has 0 atom stereocenters. The van der Waals surface area contributed by atoms with Gasteiger partial charge in [-0.25, -0.2) is 0 Å². The molecule has 0 radical (unpaired) electrons. The second-order valence-corrected chi connectivity index (χ2v) is 14.2. The summed E-state index contributed by atoms with van der Waals surface area (Å²) in [6, 6.07) is 60.2. The van der Waals surface area contributed by atoms with Crippen LogP contribution < -0.4 is 5.73 Å². The van der Waals surface area contributed by atoms with Gasteiger partial charge in [-0.3, -0.25) is 4.99 Å². The zero-order chi connectivity index (χ0) is 35.2. The molecule has 1 heterocycles. The van der Waals surface area contributed by atoms with Crippen molar-refractivity contribution in [1.29, 1.82) is 0 Å². The van der Waals surface area contributed by atoms with Crippen molar-refractivity contribution in [2.75, 3.05) is 0 Å². The van der Waals surface area contributed by atoms with Gasteiger partial charge >= 0.3 is 0 Å². The van der Waals surface area contributed by atoms with Crippen LogP contribution in [-0.4, -0.2) is 10.3 Å². The van der Waals surface area contributed by atoms with E-state index in [0.29, 0.717) is 12.4 Å². The van der Waals surface area contributed by atoms with Crippen molar-refractivity contribution in [2.24, 2.45) is 10.7 Å². The smallest absolute Gasteiger partial charge is 0.115 e. The number of hydrogen-bond donors (Lipinski definition) is 1. The van der Waals surface area contributed by atoms with Crippen LogP contribution in [0.1, 0.15) is 36.1 Å². The zero-order valence-corrected chi connectivity index (χ0v) is 29.4. The molecule has 250 valence electrons. The predicted molar refractivity (Wildman–Crippen MR) is 219 cm³/mol. The maximum atomic E-state index is 6.87. The normalized spacial score (nSPS) is 13.7. The number of aliphatic imine (C=N–C) groups is 1. The third-order valence-electron chi connectivity index (χ3n) is 10.8. The van der Waals surface area contributed by atoms with Crippen LogP contribution in [0.4, 0.5) is 0 Å². The fourth-order valence-corrected chi connectivity index (χ4v) is 8.03. The van der Waals surface area contributed by atoms with E-state index in [2.05, 4.69) is 176 Å². The molecule has 2 N–H and O–H groups in total. The lowest BCUT2D eigenvalue weighted by atomic mass is 9.82. The molecule has 0 fully saturated rings. The van der Waals surface area contributed by atoms with E-state index in [1.54, 1.807) is 0 Å². The van der Waals surface area contributed by atoms with E-state index in [1.807, 2.05) is 18.2 Å². The third-order valence-corrected chi connectivity index (χ3v) is 10.8. The van der Waals surface area contributed by atoms with Crippen molar-refractivity contribution in [1.82, 2.24) is 4.57 Å². The summed E-state index contributed by atoms with van der Waals surface area (Å²) in [4.78, 5) is 5.34. The highest BCUT2D eigenvalue weighted by Gasteiger charge is 2.37. The molecular weight excluding hydrogens is 631 g/mol. The van der Waals surface area contributed by atoms with E-state index in [9.17, 15) is 0 Å². The predicted octanol–water partition coefficient (Wildman–Crippen LogP) is 11.9. The van der Waals surface area contributed by atoms with Crippen molar-refractivity contribution in [3.63, 3.8) is 0 Å². The first-order valence-corrected chi connectivity index (χ1v) is 17.9. The van der Waals surface area contributed by atoms with Crippen LogP contribution in [0.25, 0.3) is 60.9 Å². The number of allylic oxidation sites excluding steroid dienone is 1. The number of fused-ring (bicyclic) bond motifs is 7. The van der Waals surface area contributed by atoms with Crippen LogP contribution in [0.5, 0.6) is 0 Å². The molecule has 0 saturated carbocycles. The molecule has 0 amide bonds. The summed E-state index contributed by atoms with van der Waals surface area (Å²) in [5.74, 6) is 0. The molecule has 3 heteroatoms. The van der Waals surface area contributed by atoms with Crippen LogP contribution in [-0.2, 0) is 12.1 Å². The van der Waals surface area contributed by atoms with Crippen LogP contribution in [0, 0.1) is 0 Å². The maximum absolute atomic E-state index is 6.87. The van der Waals surface area contributed by atoms with Gasteiger partial charge in [0.25, 0.3) is 0 Å². The number of aromatic nitrogens is 1. The summed E-state index contributed by atoms with van der Waals surface area (Å²) in [5.41, 5.74) is 22.8. The standard InChI is InChI=1S/C49H39N3/c1-49(2)42-19-11-9-18-41(42)47-43(49)30-29-40-39-17-10-12-20-46(39)52(48(40)47)32-51-45(38-15-7-4-8-16-38)31-44(50)37-27-25-36(26-28-37)35-23-21-34(22-24-35)33-13-5-3-6-14-33/h3-31H,32,50H2,1-2H3/b44-31-,51-45?. The van der Waals surface area contributed by atoms with E-state index < -0.39 is 0 Å². The fourth-order valence-electron chi connectivity index (χ4n) is 8.03. The monoisotopic (exact) mass is 669 g/mol. The topological polar surface area (TPSA) is 43.3 Å². The molecule has 8 aromatic rings. The largest absolute Gasteiger partial charge is 0.398 e. The highest BCUT2D eigenvalue weighted by Crippen LogP contribution is 2.52. The van der Waals surface area contributed by atoms with Crippen LogP contribution in [0.3, 0.4) is 0 Å². The highest BCUT2D eigenvalue weighted by molar-refractivity contribution is 6.15. The van der Waals surface area contributed by atoms with Gasteiger partial charge in [0.1, 0.15) is 6.67 Å². The lowest BCUT2D eigenvalue weighted by molar-refractivity contribution is 0.660. The lowest BCUT2D eigenvalue weighted by Gasteiger charge is -2.21. The summed E-state index contributed by atoms with van der Waals surface area (Å²) >= 11 is 0. The Morgan fingerprint density at radius 1 is 0.558 bits per heavy atom. The van der Waals surface area contributed by atoms with E-state index >= 15 is 0 Å². The molecule has 0 saturated heterocycles. The molecule has 52 heavy (non-hydrogen) atoms. The number of nitrogens with two attached hydrogens (primary N) is 1. The molecule has 1 aliphatic carbocycles. The summed E-state index contributed by atoms with van der Waals surface area (Å²) in [6.07, 6.45) is 2.02. The Bertz CT molecular complexity index is 2640. The van der Waals surface area contributed by atoms with Crippen molar-refractivity contribution >= 4 is 33.2 Å². The molecule has 1 aromatic heterocycles. The van der Waals surface area contributed by atoms with Crippen molar-refractivity contribution < 1.29 is 0 Å². The van der Waals surface area contributed by atoms with Crippen molar-refractivity contribution in [3.05, 3.63) is 198 Å². The summed E-state index contributed by atoms with van der Waals surface area (Å²) < 4.78 is 2.40. The molecule has 3 nitrogen and oxygen atoms in total. The molecule has 1 aliphatic rings. The number of rotatable bonds is 7. The van der Waals surface area contributed by atoms with Gasteiger partial charge in [0.2, 0.25) is 0 Å². The number of nitrogens with zero attached hydrogens (tertiary/aromatic N) is 2. The number of para-hydroxylation sites is 1. The first-order valence-electron chi connectivity index (χ1n) is 17.9. The van der Waals surface area contributed by atoms with Gasteiger partial charge < -0.3 is 10.3 Å². The van der Waals surface area contributed by atoms with Crippen molar-refractivity contribution in [3.8, 4) is 33.4 Å². The Morgan fingerprint density at radius 3 is 1.85 bits per heavy atom. The van der Waals surface area contributed by atoms with Gasteiger partial charge in [-0.05, 0) is 62.2 Å². The van der Waals surface area contributed by atoms with E-state index in [-0.39, 0.29) is 5.41 Å². The Labute approximate surface area is 305 Å². The minimum atomic E-state index is -0.0851. The van der Waals surface area contributed by atoms with Gasteiger partial charge in [0.15, 0.2) is 0 Å². The quantitative estimate of drug-likeness (QED) is 0.169. The SMILES string of the molecule is CC1(C)c2ccccc2-c2c1ccc1c3ccccc3n(CN=C(/C=C(\N)c3ccc(-c4ccc(-c5ccccc5)cc4)cc3)c3ccccc3)c21. The van der Waals surface area contributed by atoms with Gasteiger partial charge in [0, 0.05) is 27.4 Å². The van der Waals surface area contributed by atoms with Gasteiger partial charge in [-0.15, -0.1) is 0 Å². The van der Waals surface area contributed by atoms with Crippen LogP contribution in [0.2, 0.25) is 0 Å². The average Bonchev–Trinajstić information content (AvgIpc) is 3.65. The summed E-state index contributed by atoms with van der Waals surface area (Å²) in [7, 11) is 0. The molecule has 0 spiro atoms. The molecule has 0 unspecified atom stereocenters. The van der Waals surface area contributed by atoms with Crippen LogP contribution in [0.15, 0.2) is 181 Å². The maximum Gasteiger partial charge on any atom is 0.115 e. The molecule has 7 aromatic carbocycles. The second-order valence-electron chi connectivity index (χ2n) is 14.2. The zero-order valence-electron chi connectivity index (χ0n) is 29.4. The van der Waals surface area contributed by atoms with Gasteiger partial charge in [0.05, 0.1) is 16.7 Å². The van der Waals surface area contributed by atoms with Gasteiger partial charge in [-0.2, -0.15) is 0 Å². The Hall–Kier alpha value is -6.45. The molecule has 9 rings (SSSR count). The molecule has 0 bridgehead atoms. The molecular formula is C49H39N3. The fraction of sp³-hybridized carbons (Fsp3) is 0.0816. The first-order chi connectivity index (χ1) is 25.5. The lowest BCUT2D eigenvalue weighted by Crippen LogP contribution is -2.14. The third kappa shape index (κ3) is 5.34. The van der Waals surface area contributed by atoms with E-state index in [0.717, 1.165) is 22.4 Å². The second kappa shape index (κ2) is 12.7. The minimum absolute atomic E-state index is 0.0851. The van der Waals surface area contributed by atoms with E-state index in [1.165, 1.54) is 60.8 Å². The van der Waals surface area contributed by atoms with E-state index in [4.69, 9.17) is 10.7 Å². The number of benzene rings is 7. The Morgan fingerprint density at radius 2 is 1.13 bits per heavy atom. The van der Waals surface area contributed by atoms with Gasteiger partial charge in [-0.1, -0.05) is 178 Å². The average molecular weight is 670 g/mol. The Kier molecular flexibility index (Phi) is 7.70. The Balaban J connectivity index is 1.10. The molecule has 0 aliphatic heterocycles. The summed E-state index contributed by atoms with van der Waals surface area (Å²) in [5, 5.41) is 2.49.